The zero-order valence-corrected chi connectivity index (χ0v) is 8.91. The largest absolute Gasteiger partial charge is 0.339 e. The van der Waals surface area contributed by atoms with Crippen molar-refractivity contribution < 1.29 is 4.52 Å². The molecular formula is C11H17N3O. The number of nitrogens with one attached hydrogen (secondary N) is 1. The van der Waals surface area contributed by atoms with Crippen LogP contribution in [0, 0.1) is 0 Å². The van der Waals surface area contributed by atoms with E-state index in [4.69, 9.17) is 4.52 Å². The zero-order valence-electron chi connectivity index (χ0n) is 8.91. The Kier molecular flexibility index (Phi) is 2.44. The molecule has 82 valence electrons. The molecule has 0 aromatic carbocycles. The van der Waals surface area contributed by atoms with Crippen molar-refractivity contribution in [2.75, 3.05) is 13.1 Å². The van der Waals surface area contributed by atoms with Gasteiger partial charge in [-0.15, -0.1) is 0 Å². The van der Waals surface area contributed by atoms with Gasteiger partial charge in [0.1, 0.15) is 0 Å². The maximum atomic E-state index is 5.37. The minimum atomic E-state index is 0.476. The third kappa shape index (κ3) is 1.78. The van der Waals surface area contributed by atoms with Gasteiger partial charge in [-0.2, -0.15) is 4.98 Å². The van der Waals surface area contributed by atoms with Gasteiger partial charge in [-0.3, -0.25) is 0 Å². The molecule has 0 unspecified atom stereocenters. The second-order valence-corrected chi connectivity index (χ2v) is 4.66. The van der Waals surface area contributed by atoms with E-state index in [0.717, 1.165) is 31.2 Å². The highest BCUT2D eigenvalue weighted by atomic mass is 16.5. The average Bonchev–Trinajstić information content (AvgIpc) is 3.02. The van der Waals surface area contributed by atoms with Gasteiger partial charge in [0.05, 0.1) is 0 Å². The summed E-state index contributed by atoms with van der Waals surface area (Å²) in [7, 11) is 0. The molecule has 1 saturated heterocycles. The summed E-state index contributed by atoms with van der Waals surface area (Å²) in [5.41, 5.74) is 0. The highest BCUT2D eigenvalue weighted by Crippen LogP contribution is 2.33. The second kappa shape index (κ2) is 3.93. The van der Waals surface area contributed by atoms with Crippen LogP contribution in [-0.4, -0.2) is 23.2 Å². The minimum Gasteiger partial charge on any atom is -0.339 e. The van der Waals surface area contributed by atoms with Gasteiger partial charge >= 0.3 is 0 Å². The summed E-state index contributed by atoms with van der Waals surface area (Å²) < 4.78 is 5.37. The lowest BCUT2D eigenvalue weighted by atomic mass is 10.1. The van der Waals surface area contributed by atoms with Crippen LogP contribution in [0.5, 0.6) is 0 Å². The van der Waals surface area contributed by atoms with Gasteiger partial charge in [0, 0.05) is 18.4 Å². The van der Waals surface area contributed by atoms with Gasteiger partial charge in [-0.1, -0.05) is 18.0 Å². The highest BCUT2D eigenvalue weighted by Gasteiger charge is 2.26. The van der Waals surface area contributed by atoms with Crippen LogP contribution < -0.4 is 5.32 Å². The Hall–Kier alpha value is -0.900. The van der Waals surface area contributed by atoms with Gasteiger partial charge in [-0.25, -0.2) is 0 Å². The Balaban J connectivity index is 1.74. The molecule has 0 spiro atoms. The van der Waals surface area contributed by atoms with Gasteiger partial charge in [0.25, 0.3) is 0 Å². The first-order chi connectivity index (χ1) is 7.43. The van der Waals surface area contributed by atoms with Crippen LogP contribution in [0.15, 0.2) is 4.52 Å². The van der Waals surface area contributed by atoms with E-state index in [1.54, 1.807) is 0 Å². The summed E-state index contributed by atoms with van der Waals surface area (Å²) in [6, 6.07) is 0. The molecule has 1 aliphatic heterocycles. The molecule has 15 heavy (non-hydrogen) atoms. The molecular weight excluding hydrogens is 190 g/mol. The molecule has 0 amide bonds. The number of rotatable bonds is 2. The van der Waals surface area contributed by atoms with E-state index < -0.39 is 0 Å². The molecule has 1 atom stereocenters. The summed E-state index contributed by atoms with van der Waals surface area (Å²) >= 11 is 0. The molecule has 2 heterocycles. The van der Waals surface area contributed by atoms with Crippen molar-refractivity contribution in [1.82, 2.24) is 15.5 Å². The summed E-state index contributed by atoms with van der Waals surface area (Å²) in [6.07, 6.45) is 6.22. The molecule has 1 aliphatic carbocycles. The minimum absolute atomic E-state index is 0.476. The van der Waals surface area contributed by atoms with E-state index in [-0.39, 0.29) is 0 Å². The van der Waals surface area contributed by atoms with E-state index in [2.05, 4.69) is 15.5 Å². The first kappa shape index (κ1) is 9.33. The molecule has 1 saturated carbocycles. The lowest BCUT2D eigenvalue weighted by Crippen LogP contribution is -2.08. The number of aromatic nitrogens is 2. The second-order valence-electron chi connectivity index (χ2n) is 4.66. The fraction of sp³-hybridized carbons (Fsp3) is 0.818. The molecule has 2 aliphatic rings. The summed E-state index contributed by atoms with van der Waals surface area (Å²) in [4.78, 5) is 4.56. The highest BCUT2D eigenvalue weighted by molar-refractivity contribution is 5.03. The molecule has 4 nitrogen and oxygen atoms in total. The van der Waals surface area contributed by atoms with Crippen LogP contribution >= 0.6 is 0 Å². The standard InChI is InChI=1S/C11H17N3O/c1-2-4-8(3-1)11-13-10(14-15-11)9-5-6-12-7-9/h8-9,12H,1-7H2/t9-/m1/s1. The van der Waals surface area contributed by atoms with Gasteiger partial charge in [-0.05, 0) is 25.8 Å². The Labute approximate surface area is 89.4 Å². The summed E-state index contributed by atoms with van der Waals surface area (Å²) in [5, 5.41) is 7.44. The molecule has 2 fully saturated rings. The number of nitrogens with zero attached hydrogens (tertiary/aromatic N) is 2. The fourth-order valence-corrected chi connectivity index (χ4v) is 2.63. The molecule has 1 aromatic rings. The zero-order chi connectivity index (χ0) is 10.1. The molecule has 0 bridgehead atoms. The first-order valence-corrected chi connectivity index (χ1v) is 5.97. The van der Waals surface area contributed by atoms with Crippen molar-refractivity contribution in [3.05, 3.63) is 11.7 Å². The van der Waals surface area contributed by atoms with Crippen molar-refractivity contribution in [1.29, 1.82) is 0 Å². The molecule has 3 rings (SSSR count). The van der Waals surface area contributed by atoms with Crippen LogP contribution in [-0.2, 0) is 0 Å². The monoisotopic (exact) mass is 207 g/mol. The van der Waals surface area contributed by atoms with E-state index in [1.165, 1.54) is 25.7 Å². The van der Waals surface area contributed by atoms with Crippen LogP contribution in [0.4, 0.5) is 0 Å². The summed E-state index contributed by atoms with van der Waals surface area (Å²) in [5.74, 6) is 2.82. The van der Waals surface area contributed by atoms with Crippen molar-refractivity contribution in [3.8, 4) is 0 Å². The predicted octanol–water partition coefficient (Wildman–Crippen LogP) is 1.80. The van der Waals surface area contributed by atoms with E-state index in [9.17, 15) is 0 Å². The van der Waals surface area contributed by atoms with Crippen LogP contribution in [0.2, 0.25) is 0 Å². The summed E-state index contributed by atoms with van der Waals surface area (Å²) in [6.45, 7) is 2.08. The van der Waals surface area contributed by atoms with E-state index in [1.807, 2.05) is 0 Å². The Morgan fingerprint density at radius 1 is 1.13 bits per heavy atom. The Morgan fingerprint density at radius 2 is 2.00 bits per heavy atom. The quantitative estimate of drug-likeness (QED) is 0.803. The van der Waals surface area contributed by atoms with Crippen LogP contribution in [0.1, 0.15) is 55.7 Å². The SMILES string of the molecule is C1CCC(c2nc([C@@H]3CCNC3)no2)C1. The van der Waals surface area contributed by atoms with Crippen molar-refractivity contribution >= 4 is 0 Å². The third-order valence-electron chi connectivity index (χ3n) is 3.59. The van der Waals surface area contributed by atoms with Crippen molar-refractivity contribution in [2.24, 2.45) is 0 Å². The van der Waals surface area contributed by atoms with E-state index >= 15 is 0 Å². The smallest absolute Gasteiger partial charge is 0.229 e. The normalized spacial score (nSPS) is 27.6. The number of hydrogen-bond donors (Lipinski definition) is 1. The lowest BCUT2D eigenvalue weighted by Gasteiger charge is -2.01. The van der Waals surface area contributed by atoms with Gasteiger partial charge in [0.15, 0.2) is 5.82 Å². The van der Waals surface area contributed by atoms with Crippen molar-refractivity contribution in [3.63, 3.8) is 0 Å². The number of hydrogen-bond acceptors (Lipinski definition) is 4. The Morgan fingerprint density at radius 3 is 2.73 bits per heavy atom. The lowest BCUT2D eigenvalue weighted by molar-refractivity contribution is 0.348. The maximum Gasteiger partial charge on any atom is 0.229 e. The topological polar surface area (TPSA) is 51.0 Å². The van der Waals surface area contributed by atoms with Crippen LogP contribution in [0.25, 0.3) is 0 Å². The average molecular weight is 207 g/mol. The van der Waals surface area contributed by atoms with Crippen LogP contribution in [0.3, 0.4) is 0 Å². The van der Waals surface area contributed by atoms with Crippen molar-refractivity contribution in [2.45, 2.75) is 43.9 Å². The Bertz CT molecular complexity index is 294. The fourth-order valence-electron chi connectivity index (χ4n) is 2.63. The molecule has 4 heteroatoms. The van der Waals surface area contributed by atoms with E-state index in [0.29, 0.717) is 11.8 Å². The first-order valence-electron chi connectivity index (χ1n) is 5.97. The maximum absolute atomic E-state index is 5.37. The van der Waals surface area contributed by atoms with Gasteiger partial charge < -0.3 is 9.84 Å². The third-order valence-corrected chi connectivity index (χ3v) is 3.59. The molecule has 1 aromatic heterocycles. The molecule has 1 N–H and O–H groups in total. The predicted molar refractivity (Wildman–Crippen MR) is 55.7 cm³/mol. The van der Waals surface area contributed by atoms with Gasteiger partial charge in [0.2, 0.25) is 5.89 Å². The molecule has 0 radical (unpaired) electrons.